The molecule has 0 amide bonds. The van der Waals surface area contributed by atoms with E-state index < -0.39 is 0 Å². The predicted octanol–water partition coefficient (Wildman–Crippen LogP) is 3.27. The van der Waals surface area contributed by atoms with Gasteiger partial charge >= 0.3 is 0 Å². The van der Waals surface area contributed by atoms with Gasteiger partial charge in [0.1, 0.15) is 0 Å². The van der Waals surface area contributed by atoms with Crippen LogP contribution in [0.3, 0.4) is 0 Å². The van der Waals surface area contributed by atoms with Crippen molar-refractivity contribution in [3.05, 3.63) is 40.3 Å². The second-order valence-corrected chi connectivity index (χ2v) is 3.66. The van der Waals surface area contributed by atoms with Crippen molar-refractivity contribution in [2.24, 2.45) is 5.11 Å². The Bertz CT molecular complexity index is 368. The molecule has 1 rings (SSSR count). The van der Waals surface area contributed by atoms with Gasteiger partial charge in [0.15, 0.2) is 0 Å². The van der Waals surface area contributed by atoms with Crippen LogP contribution in [-0.4, -0.2) is 13.2 Å². The quantitative estimate of drug-likeness (QED) is 0.331. The minimum atomic E-state index is 0.271. The van der Waals surface area contributed by atoms with Gasteiger partial charge in [0.05, 0.1) is 25.4 Å². The number of nitrogens with zero attached hydrogens (tertiary/aromatic N) is 4. The zero-order valence-electron chi connectivity index (χ0n) is 9.79. The summed E-state index contributed by atoms with van der Waals surface area (Å²) >= 11 is 0. The van der Waals surface area contributed by atoms with E-state index in [2.05, 4.69) is 23.9 Å². The normalized spacial score (nSPS) is 10.0. The summed E-state index contributed by atoms with van der Waals surface area (Å²) < 4.78 is 0. The number of anilines is 1. The molecule has 0 saturated carbocycles. The third-order valence-corrected chi connectivity index (χ3v) is 2.17. The van der Waals surface area contributed by atoms with Crippen molar-refractivity contribution < 1.29 is 4.84 Å². The number of rotatable bonds is 5. The maximum atomic E-state index is 8.21. The summed E-state index contributed by atoms with van der Waals surface area (Å²) in [4.78, 5) is 7.99. The largest absolute Gasteiger partial charge is 0.277 e. The van der Waals surface area contributed by atoms with Crippen LogP contribution in [0.4, 0.5) is 5.69 Å². The molecule has 0 bridgehead atoms. The first-order chi connectivity index (χ1) is 7.69. The molecule has 0 N–H and O–H groups in total. The van der Waals surface area contributed by atoms with Crippen LogP contribution < -0.4 is 5.06 Å². The molecule has 0 aliphatic carbocycles. The van der Waals surface area contributed by atoms with Gasteiger partial charge in [-0.25, -0.2) is 0 Å². The highest BCUT2D eigenvalue weighted by atomic mass is 16.7. The Hall–Kier alpha value is -1.71. The highest BCUT2D eigenvalue weighted by Crippen LogP contribution is 2.18. The van der Waals surface area contributed by atoms with Gasteiger partial charge in [-0.15, -0.1) is 0 Å². The minimum Gasteiger partial charge on any atom is -0.277 e. The van der Waals surface area contributed by atoms with Gasteiger partial charge in [0.25, 0.3) is 0 Å². The molecular weight excluding hydrogens is 204 g/mol. The van der Waals surface area contributed by atoms with Gasteiger partial charge in [-0.3, -0.25) is 9.90 Å². The van der Waals surface area contributed by atoms with Gasteiger partial charge in [-0.05, 0) is 37.1 Å². The second kappa shape index (κ2) is 6.00. The van der Waals surface area contributed by atoms with Gasteiger partial charge < -0.3 is 0 Å². The number of hydroxylamine groups is 1. The zero-order chi connectivity index (χ0) is 12.0. The lowest BCUT2D eigenvalue weighted by Gasteiger charge is -2.25. The molecular formula is C11H16N4O. The van der Waals surface area contributed by atoms with Crippen LogP contribution in [0.15, 0.2) is 29.4 Å². The molecule has 1 aromatic carbocycles. The van der Waals surface area contributed by atoms with Crippen molar-refractivity contribution in [2.75, 3.05) is 12.2 Å². The van der Waals surface area contributed by atoms with Crippen molar-refractivity contribution in [3.8, 4) is 0 Å². The molecule has 0 aromatic heterocycles. The van der Waals surface area contributed by atoms with E-state index in [0.717, 1.165) is 11.3 Å². The third-order valence-electron chi connectivity index (χ3n) is 2.17. The number of hydrogen-bond acceptors (Lipinski definition) is 3. The lowest BCUT2D eigenvalue weighted by Crippen LogP contribution is -2.29. The molecule has 0 spiro atoms. The molecule has 5 nitrogen and oxygen atoms in total. The van der Waals surface area contributed by atoms with E-state index in [0.29, 0.717) is 6.54 Å². The van der Waals surface area contributed by atoms with E-state index in [1.165, 1.54) is 0 Å². The minimum absolute atomic E-state index is 0.271. The molecule has 0 saturated heterocycles. The summed E-state index contributed by atoms with van der Waals surface area (Å²) in [5.41, 5.74) is 10.2. The summed E-state index contributed by atoms with van der Waals surface area (Å²) in [7, 11) is 1.65. The highest BCUT2D eigenvalue weighted by Gasteiger charge is 2.08. The molecule has 16 heavy (non-hydrogen) atoms. The summed E-state index contributed by atoms with van der Waals surface area (Å²) in [5, 5.41) is 5.32. The van der Waals surface area contributed by atoms with E-state index in [4.69, 9.17) is 10.4 Å². The lowest BCUT2D eigenvalue weighted by atomic mass is 10.2. The topological polar surface area (TPSA) is 61.2 Å². The molecule has 0 atom stereocenters. The fourth-order valence-electron chi connectivity index (χ4n) is 1.48. The van der Waals surface area contributed by atoms with Gasteiger partial charge in [-0.1, -0.05) is 17.2 Å². The highest BCUT2D eigenvalue weighted by molar-refractivity contribution is 5.45. The molecule has 5 heteroatoms. The first kappa shape index (κ1) is 12.4. The van der Waals surface area contributed by atoms with Crippen LogP contribution in [0.1, 0.15) is 19.4 Å². The summed E-state index contributed by atoms with van der Waals surface area (Å²) in [6.45, 7) is 4.49. The maximum Gasteiger partial charge on any atom is 0.0639 e. The van der Waals surface area contributed by atoms with Crippen molar-refractivity contribution in [1.82, 2.24) is 0 Å². The average molecular weight is 220 g/mol. The van der Waals surface area contributed by atoms with Crippen LogP contribution in [0.25, 0.3) is 10.4 Å². The van der Waals surface area contributed by atoms with Crippen LogP contribution in [0, 0.1) is 0 Å². The van der Waals surface area contributed by atoms with E-state index in [9.17, 15) is 0 Å². The average Bonchev–Trinajstić information content (AvgIpc) is 2.28. The lowest BCUT2D eigenvalue weighted by molar-refractivity contribution is 0.148. The molecule has 1 aromatic rings. The Morgan fingerprint density at radius 1 is 1.38 bits per heavy atom. The Balaban J connectivity index is 2.80. The Labute approximate surface area is 95.2 Å². The molecule has 0 fully saturated rings. The standard InChI is InChI=1S/C11H16N4O/c1-9(2)15(16-3)11-6-4-10(5-7-11)8-13-14-12/h4-7,9H,8H2,1-3H3. The number of benzene rings is 1. The fraction of sp³-hybridized carbons (Fsp3) is 0.455. The van der Waals surface area contributed by atoms with Crippen molar-refractivity contribution in [2.45, 2.75) is 26.4 Å². The number of azide groups is 1. The van der Waals surface area contributed by atoms with Crippen LogP contribution in [-0.2, 0) is 11.4 Å². The Kier molecular flexibility index (Phi) is 4.64. The smallest absolute Gasteiger partial charge is 0.0639 e. The molecule has 0 aliphatic rings. The van der Waals surface area contributed by atoms with Crippen LogP contribution in [0.2, 0.25) is 0 Å². The van der Waals surface area contributed by atoms with Gasteiger partial charge in [0, 0.05) is 4.91 Å². The number of hydrogen-bond donors (Lipinski definition) is 0. The van der Waals surface area contributed by atoms with E-state index >= 15 is 0 Å². The third kappa shape index (κ3) is 3.15. The first-order valence-electron chi connectivity index (χ1n) is 5.12. The van der Waals surface area contributed by atoms with Gasteiger partial charge in [-0.2, -0.15) is 0 Å². The van der Waals surface area contributed by atoms with Crippen molar-refractivity contribution in [1.29, 1.82) is 0 Å². The molecule has 0 unspecified atom stereocenters. The monoisotopic (exact) mass is 220 g/mol. The zero-order valence-corrected chi connectivity index (χ0v) is 9.79. The predicted molar refractivity (Wildman–Crippen MR) is 63.9 cm³/mol. The van der Waals surface area contributed by atoms with Crippen molar-refractivity contribution >= 4 is 5.69 Å². The van der Waals surface area contributed by atoms with Crippen LogP contribution in [0.5, 0.6) is 0 Å². The van der Waals surface area contributed by atoms with Crippen molar-refractivity contribution in [3.63, 3.8) is 0 Å². The van der Waals surface area contributed by atoms with Gasteiger partial charge in [0.2, 0.25) is 0 Å². The first-order valence-corrected chi connectivity index (χ1v) is 5.12. The fourth-order valence-corrected chi connectivity index (χ4v) is 1.48. The maximum absolute atomic E-state index is 8.21. The Morgan fingerprint density at radius 2 is 2.00 bits per heavy atom. The molecule has 0 aliphatic heterocycles. The summed E-state index contributed by atoms with van der Waals surface area (Å²) in [6.07, 6.45) is 0. The summed E-state index contributed by atoms with van der Waals surface area (Å²) in [5.74, 6) is 0. The van der Waals surface area contributed by atoms with E-state index in [-0.39, 0.29) is 6.04 Å². The second-order valence-electron chi connectivity index (χ2n) is 3.66. The van der Waals surface area contributed by atoms with E-state index in [1.807, 2.05) is 29.3 Å². The molecule has 86 valence electrons. The molecule has 0 radical (unpaired) electrons. The SMILES string of the molecule is CON(c1ccc(CN=[N+]=[N-])cc1)C(C)C. The van der Waals surface area contributed by atoms with Crippen LogP contribution >= 0.6 is 0 Å². The van der Waals surface area contributed by atoms with E-state index in [1.54, 1.807) is 7.11 Å². The molecule has 0 heterocycles. The summed E-state index contributed by atoms with van der Waals surface area (Å²) in [6, 6.07) is 8.03. The Morgan fingerprint density at radius 3 is 2.44 bits per heavy atom.